The molecule has 2 aromatic heterocycles. The van der Waals surface area contributed by atoms with Gasteiger partial charge in [-0.1, -0.05) is 171 Å². The Kier molecular flexibility index (Phi) is 7.31. The van der Waals surface area contributed by atoms with Crippen molar-refractivity contribution in [1.82, 2.24) is 14.5 Å². The molecule has 0 atom stereocenters. The molecule has 10 aromatic rings. The first kappa shape index (κ1) is 32.5. The van der Waals surface area contributed by atoms with Crippen LogP contribution in [-0.2, 0) is 0 Å². The van der Waals surface area contributed by atoms with E-state index in [0.717, 1.165) is 45.1 Å². The van der Waals surface area contributed by atoms with Gasteiger partial charge in [0.15, 0.2) is 5.82 Å². The van der Waals surface area contributed by atoms with Gasteiger partial charge in [-0.25, -0.2) is 9.97 Å². The van der Waals surface area contributed by atoms with Crippen LogP contribution in [0.5, 0.6) is 0 Å². The van der Waals surface area contributed by atoms with Crippen LogP contribution in [0.15, 0.2) is 188 Å². The van der Waals surface area contributed by atoms with Crippen LogP contribution in [0.4, 0.5) is 0 Å². The maximum Gasteiger partial charge on any atom is 0.161 e. The molecule has 56 heavy (non-hydrogen) atoms. The van der Waals surface area contributed by atoms with E-state index in [1.807, 2.05) is 0 Å². The fourth-order valence-electron chi connectivity index (χ4n) is 9.39. The quantitative estimate of drug-likeness (QED) is 0.165. The van der Waals surface area contributed by atoms with E-state index in [0.29, 0.717) is 0 Å². The standard InChI is InChI=1S/C52H37N3Si/c1-56(2)50-38(34-18-7-3-8-19-34)27-17-28-40(50)41-31-30-39-43(52-53-44(35-20-9-4-10-21-35)33-45(54-52)36-22-11-5-12-23-36)32-47-48(49(39)51(41)56)42-26-15-16-29-46(42)55(47)37-24-13-6-14-25-37/h3-33H,1-2H3. The highest BCUT2D eigenvalue weighted by Gasteiger charge is 2.42. The van der Waals surface area contributed by atoms with Crippen LogP contribution in [0.1, 0.15) is 0 Å². The van der Waals surface area contributed by atoms with Gasteiger partial charge in [0.05, 0.1) is 22.4 Å². The fourth-order valence-corrected chi connectivity index (χ4v) is 13.2. The van der Waals surface area contributed by atoms with Gasteiger partial charge in [0.25, 0.3) is 0 Å². The van der Waals surface area contributed by atoms with Crippen molar-refractivity contribution in [3.63, 3.8) is 0 Å². The predicted molar refractivity (Wildman–Crippen MR) is 238 cm³/mol. The fraction of sp³-hybridized carbons (Fsp3) is 0.0385. The molecule has 0 spiro atoms. The Morgan fingerprint density at radius 2 is 0.946 bits per heavy atom. The summed E-state index contributed by atoms with van der Waals surface area (Å²) in [6.45, 7) is 5.11. The molecule has 264 valence electrons. The number of benzene rings is 8. The SMILES string of the molecule is C[Si]1(C)c2c(-c3ccccc3)cccc2-c2ccc3c(-c4nc(-c5ccccc5)cc(-c5ccccc5)n4)cc4c(c5ccccc5n4-c4ccccc4)c3c21. The zero-order valence-electron chi connectivity index (χ0n) is 31.2. The topological polar surface area (TPSA) is 30.7 Å². The van der Waals surface area contributed by atoms with Crippen LogP contribution in [-0.4, -0.2) is 22.6 Å². The minimum Gasteiger partial charge on any atom is -0.309 e. The van der Waals surface area contributed by atoms with Crippen molar-refractivity contribution in [3.05, 3.63) is 188 Å². The second-order valence-corrected chi connectivity index (χ2v) is 19.6. The summed E-state index contributed by atoms with van der Waals surface area (Å²) in [4.78, 5) is 10.9. The van der Waals surface area contributed by atoms with E-state index in [-0.39, 0.29) is 0 Å². The Balaban J connectivity index is 1.31. The molecule has 11 rings (SSSR count). The molecule has 4 heteroatoms. The number of nitrogens with zero attached hydrogens (tertiary/aromatic N) is 3. The summed E-state index contributed by atoms with van der Waals surface area (Å²) in [6, 6.07) is 67.8. The van der Waals surface area contributed by atoms with Crippen molar-refractivity contribution < 1.29 is 0 Å². The summed E-state index contributed by atoms with van der Waals surface area (Å²) in [5.41, 5.74) is 13.8. The van der Waals surface area contributed by atoms with Crippen LogP contribution >= 0.6 is 0 Å². The lowest BCUT2D eigenvalue weighted by Crippen LogP contribution is -2.50. The van der Waals surface area contributed by atoms with E-state index >= 15 is 0 Å². The molecule has 0 unspecified atom stereocenters. The van der Waals surface area contributed by atoms with Crippen molar-refractivity contribution >= 4 is 51.0 Å². The van der Waals surface area contributed by atoms with Gasteiger partial charge in [0, 0.05) is 33.2 Å². The minimum absolute atomic E-state index is 0.724. The highest BCUT2D eigenvalue weighted by molar-refractivity contribution is 7.06. The van der Waals surface area contributed by atoms with Gasteiger partial charge in [0.2, 0.25) is 0 Å². The first-order valence-electron chi connectivity index (χ1n) is 19.3. The van der Waals surface area contributed by atoms with Crippen LogP contribution in [0.2, 0.25) is 13.1 Å². The molecule has 0 radical (unpaired) electrons. The van der Waals surface area contributed by atoms with E-state index in [2.05, 4.69) is 206 Å². The molecule has 3 heterocycles. The summed E-state index contributed by atoms with van der Waals surface area (Å²) < 4.78 is 2.44. The monoisotopic (exact) mass is 731 g/mol. The molecule has 0 aliphatic carbocycles. The minimum atomic E-state index is -2.35. The molecule has 0 bridgehead atoms. The lowest BCUT2D eigenvalue weighted by atomic mass is 9.93. The van der Waals surface area contributed by atoms with Gasteiger partial charge in [0.1, 0.15) is 8.07 Å². The van der Waals surface area contributed by atoms with Crippen molar-refractivity contribution in [2.45, 2.75) is 13.1 Å². The average molecular weight is 732 g/mol. The summed E-state index contributed by atoms with van der Waals surface area (Å²) in [7, 11) is -2.35. The molecular weight excluding hydrogens is 695 g/mol. The highest BCUT2D eigenvalue weighted by atomic mass is 28.3. The largest absolute Gasteiger partial charge is 0.309 e. The molecule has 1 aliphatic heterocycles. The number of aromatic nitrogens is 3. The van der Waals surface area contributed by atoms with Crippen LogP contribution in [0.3, 0.4) is 0 Å². The molecule has 0 saturated heterocycles. The number of hydrogen-bond acceptors (Lipinski definition) is 2. The second kappa shape index (κ2) is 12.6. The third-order valence-corrected chi connectivity index (χ3v) is 15.3. The normalized spacial score (nSPS) is 13.0. The Morgan fingerprint density at radius 1 is 0.393 bits per heavy atom. The third kappa shape index (κ3) is 4.89. The maximum atomic E-state index is 5.43. The predicted octanol–water partition coefficient (Wildman–Crippen LogP) is 12.2. The third-order valence-electron chi connectivity index (χ3n) is 11.7. The Bertz CT molecular complexity index is 3080. The molecule has 0 N–H and O–H groups in total. The van der Waals surface area contributed by atoms with Crippen molar-refractivity contribution in [2.75, 3.05) is 0 Å². The smallest absolute Gasteiger partial charge is 0.161 e. The number of fused-ring (bicyclic) bond motifs is 9. The second-order valence-electron chi connectivity index (χ2n) is 15.3. The van der Waals surface area contributed by atoms with Crippen molar-refractivity contribution in [3.8, 4) is 61.8 Å². The van der Waals surface area contributed by atoms with Gasteiger partial charge in [-0.2, -0.15) is 0 Å². The van der Waals surface area contributed by atoms with Crippen molar-refractivity contribution in [2.24, 2.45) is 0 Å². The molecule has 0 fully saturated rings. The van der Waals surface area contributed by atoms with E-state index in [9.17, 15) is 0 Å². The van der Waals surface area contributed by atoms with Crippen LogP contribution < -0.4 is 10.4 Å². The van der Waals surface area contributed by atoms with E-state index in [1.165, 1.54) is 59.7 Å². The summed E-state index contributed by atoms with van der Waals surface area (Å²) >= 11 is 0. The Labute approximate surface area is 327 Å². The van der Waals surface area contributed by atoms with Crippen molar-refractivity contribution in [1.29, 1.82) is 0 Å². The summed E-state index contributed by atoms with van der Waals surface area (Å²) in [6.07, 6.45) is 0. The number of hydrogen-bond donors (Lipinski definition) is 0. The maximum absolute atomic E-state index is 5.43. The van der Waals surface area contributed by atoms with E-state index in [4.69, 9.17) is 9.97 Å². The molecule has 3 nitrogen and oxygen atoms in total. The van der Waals surface area contributed by atoms with Gasteiger partial charge in [-0.3, -0.25) is 0 Å². The first-order chi connectivity index (χ1) is 27.6. The molecule has 0 saturated carbocycles. The van der Waals surface area contributed by atoms with Crippen LogP contribution in [0.25, 0.3) is 94.4 Å². The summed E-state index contributed by atoms with van der Waals surface area (Å²) in [5.74, 6) is 0.724. The lowest BCUT2D eigenvalue weighted by Gasteiger charge is -2.24. The summed E-state index contributed by atoms with van der Waals surface area (Å²) in [5, 5.41) is 8.04. The molecule has 8 aromatic carbocycles. The Morgan fingerprint density at radius 3 is 1.61 bits per heavy atom. The number of rotatable bonds is 5. The number of para-hydroxylation sites is 2. The highest BCUT2D eigenvalue weighted by Crippen LogP contribution is 2.45. The lowest BCUT2D eigenvalue weighted by molar-refractivity contribution is 1.17. The molecular formula is C52H37N3Si. The van der Waals surface area contributed by atoms with Gasteiger partial charge in [-0.15, -0.1) is 0 Å². The zero-order valence-corrected chi connectivity index (χ0v) is 32.2. The van der Waals surface area contributed by atoms with E-state index < -0.39 is 8.07 Å². The zero-order chi connectivity index (χ0) is 37.4. The van der Waals surface area contributed by atoms with Gasteiger partial charge < -0.3 is 4.57 Å². The first-order valence-corrected chi connectivity index (χ1v) is 22.3. The van der Waals surface area contributed by atoms with Crippen LogP contribution in [0, 0.1) is 0 Å². The van der Waals surface area contributed by atoms with E-state index in [1.54, 1.807) is 0 Å². The Hall–Kier alpha value is -6.88. The van der Waals surface area contributed by atoms with Gasteiger partial charge in [-0.05, 0) is 73.7 Å². The molecule has 0 amide bonds. The van der Waals surface area contributed by atoms with Gasteiger partial charge >= 0.3 is 0 Å². The average Bonchev–Trinajstić information content (AvgIpc) is 3.73. The molecule has 1 aliphatic rings.